The first kappa shape index (κ1) is 15.9. The van der Waals surface area contributed by atoms with Crippen molar-refractivity contribution in [2.45, 2.75) is 33.1 Å². The molecule has 116 valence electrons. The van der Waals surface area contributed by atoms with Crippen LogP contribution >= 0.6 is 0 Å². The van der Waals surface area contributed by atoms with Gasteiger partial charge in [0, 0.05) is 12.2 Å². The van der Waals surface area contributed by atoms with Crippen LogP contribution in [0.2, 0.25) is 0 Å². The molecular formula is C17H22N4O. The van der Waals surface area contributed by atoms with Crippen LogP contribution in [0, 0.1) is 0 Å². The Morgan fingerprint density at radius 1 is 1.14 bits per heavy atom. The van der Waals surface area contributed by atoms with Crippen molar-refractivity contribution < 1.29 is 4.79 Å². The number of nitrogens with zero attached hydrogens (tertiary/aromatic N) is 2. The minimum Gasteiger partial charge on any atom is -0.351 e. The maximum Gasteiger partial charge on any atom is 0.271 e. The van der Waals surface area contributed by atoms with Gasteiger partial charge in [0.05, 0.1) is 12.4 Å². The fourth-order valence-electron chi connectivity index (χ4n) is 2.07. The average molecular weight is 298 g/mol. The van der Waals surface area contributed by atoms with Crippen molar-refractivity contribution in [3.05, 3.63) is 47.9 Å². The van der Waals surface area contributed by atoms with Crippen molar-refractivity contribution in [1.82, 2.24) is 15.3 Å². The van der Waals surface area contributed by atoms with Crippen molar-refractivity contribution in [2.75, 3.05) is 11.9 Å². The maximum atomic E-state index is 11.9. The van der Waals surface area contributed by atoms with E-state index in [4.69, 9.17) is 0 Å². The minimum absolute atomic E-state index is 0.179. The molecule has 1 aromatic carbocycles. The van der Waals surface area contributed by atoms with Gasteiger partial charge in [-0.3, -0.25) is 4.79 Å². The average Bonchev–Trinajstić information content (AvgIpc) is 2.56. The predicted molar refractivity (Wildman–Crippen MR) is 88.4 cm³/mol. The van der Waals surface area contributed by atoms with Crippen LogP contribution in [0.4, 0.5) is 11.5 Å². The van der Waals surface area contributed by atoms with Crippen LogP contribution in [0.3, 0.4) is 0 Å². The Balaban J connectivity index is 2.01. The van der Waals surface area contributed by atoms with E-state index in [0.717, 1.165) is 24.9 Å². The number of hydrogen-bond donors (Lipinski definition) is 2. The molecule has 2 N–H and O–H groups in total. The molecule has 0 spiro atoms. The fraction of sp³-hybridized carbons (Fsp3) is 0.353. The molecule has 1 heterocycles. The molecule has 0 aliphatic heterocycles. The number of para-hydroxylation sites is 1. The number of carbonyl (C=O) groups excluding carboxylic acids is 1. The maximum absolute atomic E-state index is 11.9. The number of benzene rings is 1. The van der Waals surface area contributed by atoms with Crippen molar-refractivity contribution >= 4 is 17.4 Å². The molecule has 0 saturated carbocycles. The van der Waals surface area contributed by atoms with E-state index in [1.165, 1.54) is 11.8 Å². The molecule has 5 heteroatoms. The summed E-state index contributed by atoms with van der Waals surface area (Å²) in [7, 11) is 0. The molecule has 0 unspecified atom stereocenters. The summed E-state index contributed by atoms with van der Waals surface area (Å²) in [5, 5.41) is 6.06. The summed E-state index contributed by atoms with van der Waals surface area (Å²) in [6.45, 7) is 4.86. The number of rotatable bonds is 7. The van der Waals surface area contributed by atoms with Gasteiger partial charge >= 0.3 is 0 Å². The van der Waals surface area contributed by atoms with Gasteiger partial charge in [-0.05, 0) is 24.5 Å². The topological polar surface area (TPSA) is 66.9 Å². The molecule has 0 fully saturated rings. The Bertz CT molecular complexity index is 610. The van der Waals surface area contributed by atoms with Gasteiger partial charge in [-0.2, -0.15) is 0 Å². The van der Waals surface area contributed by atoms with Gasteiger partial charge in [0.1, 0.15) is 11.5 Å². The highest BCUT2D eigenvalue weighted by Gasteiger charge is 2.07. The number of carbonyl (C=O) groups is 1. The van der Waals surface area contributed by atoms with Crippen LogP contribution in [0.5, 0.6) is 0 Å². The second-order valence-electron chi connectivity index (χ2n) is 5.03. The van der Waals surface area contributed by atoms with Crippen molar-refractivity contribution in [3.8, 4) is 0 Å². The first-order valence-corrected chi connectivity index (χ1v) is 7.69. The second kappa shape index (κ2) is 8.12. The van der Waals surface area contributed by atoms with Crippen molar-refractivity contribution in [1.29, 1.82) is 0 Å². The lowest BCUT2D eigenvalue weighted by Crippen LogP contribution is -2.25. The molecule has 2 rings (SSSR count). The molecule has 1 aromatic heterocycles. The highest BCUT2D eigenvalue weighted by atomic mass is 16.1. The Hall–Kier alpha value is -2.43. The third-order valence-electron chi connectivity index (χ3n) is 3.36. The van der Waals surface area contributed by atoms with Crippen molar-refractivity contribution in [3.63, 3.8) is 0 Å². The smallest absolute Gasteiger partial charge is 0.271 e. The number of hydrogen-bond acceptors (Lipinski definition) is 4. The molecule has 0 aliphatic rings. The summed E-state index contributed by atoms with van der Waals surface area (Å²) >= 11 is 0. The zero-order valence-electron chi connectivity index (χ0n) is 13.1. The molecule has 2 aromatic rings. The molecular weight excluding hydrogens is 276 g/mol. The lowest BCUT2D eigenvalue weighted by atomic mass is 10.1. The van der Waals surface area contributed by atoms with E-state index in [9.17, 15) is 4.79 Å². The summed E-state index contributed by atoms with van der Waals surface area (Å²) in [6.07, 6.45) is 6.03. The number of unbranched alkanes of at least 4 members (excludes halogenated alkanes) is 1. The molecule has 0 saturated heterocycles. The van der Waals surface area contributed by atoms with Crippen LogP contribution in [-0.2, 0) is 6.42 Å². The van der Waals surface area contributed by atoms with Gasteiger partial charge in [0.15, 0.2) is 0 Å². The lowest BCUT2D eigenvalue weighted by molar-refractivity contribution is 0.0948. The molecule has 0 bridgehead atoms. The van der Waals surface area contributed by atoms with Gasteiger partial charge in [-0.15, -0.1) is 0 Å². The molecule has 1 amide bonds. The van der Waals surface area contributed by atoms with Crippen LogP contribution in [0.25, 0.3) is 0 Å². The zero-order valence-corrected chi connectivity index (χ0v) is 13.1. The summed E-state index contributed by atoms with van der Waals surface area (Å²) < 4.78 is 0. The van der Waals surface area contributed by atoms with Crippen LogP contribution in [0.15, 0.2) is 36.7 Å². The number of anilines is 2. The molecule has 0 aliphatic carbocycles. The molecule has 0 atom stereocenters. The van der Waals surface area contributed by atoms with Gasteiger partial charge < -0.3 is 10.6 Å². The normalized spacial score (nSPS) is 10.3. The zero-order chi connectivity index (χ0) is 15.8. The number of nitrogens with one attached hydrogen (secondary N) is 2. The Morgan fingerprint density at radius 2 is 1.95 bits per heavy atom. The Labute approximate surface area is 131 Å². The third kappa shape index (κ3) is 4.28. The Morgan fingerprint density at radius 3 is 2.64 bits per heavy atom. The largest absolute Gasteiger partial charge is 0.351 e. The fourth-order valence-corrected chi connectivity index (χ4v) is 2.07. The van der Waals surface area contributed by atoms with E-state index in [1.54, 1.807) is 6.20 Å². The van der Waals surface area contributed by atoms with Gasteiger partial charge in [-0.25, -0.2) is 9.97 Å². The van der Waals surface area contributed by atoms with Gasteiger partial charge in [-0.1, -0.05) is 38.5 Å². The van der Waals surface area contributed by atoms with Crippen LogP contribution < -0.4 is 10.6 Å². The molecule has 5 nitrogen and oxygen atoms in total. The van der Waals surface area contributed by atoms with E-state index in [0.29, 0.717) is 18.1 Å². The number of aromatic nitrogens is 2. The molecule has 0 radical (unpaired) electrons. The Kier molecular flexibility index (Phi) is 5.89. The predicted octanol–water partition coefficient (Wildman–Crippen LogP) is 3.31. The molecule has 22 heavy (non-hydrogen) atoms. The summed E-state index contributed by atoms with van der Waals surface area (Å²) in [5.74, 6) is 0.451. The summed E-state index contributed by atoms with van der Waals surface area (Å²) in [5.41, 5.74) is 2.57. The number of amides is 1. The lowest BCUT2D eigenvalue weighted by Gasteiger charge is -2.10. The van der Waals surface area contributed by atoms with Gasteiger partial charge in [0.2, 0.25) is 0 Å². The highest BCUT2D eigenvalue weighted by molar-refractivity contribution is 5.92. The van der Waals surface area contributed by atoms with E-state index < -0.39 is 0 Å². The summed E-state index contributed by atoms with van der Waals surface area (Å²) in [6, 6.07) is 8.07. The van der Waals surface area contributed by atoms with E-state index in [1.807, 2.05) is 18.2 Å². The van der Waals surface area contributed by atoms with E-state index in [2.05, 4.69) is 40.5 Å². The van der Waals surface area contributed by atoms with Gasteiger partial charge in [0.25, 0.3) is 5.91 Å². The highest BCUT2D eigenvalue weighted by Crippen LogP contribution is 2.19. The first-order chi connectivity index (χ1) is 10.7. The first-order valence-electron chi connectivity index (χ1n) is 7.69. The van der Waals surface area contributed by atoms with Crippen LogP contribution in [-0.4, -0.2) is 22.4 Å². The van der Waals surface area contributed by atoms with E-state index in [-0.39, 0.29) is 5.91 Å². The second-order valence-corrected chi connectivity index (χ2v) is 5.03. The third-order valence-corrected chi connectivity index (χ3v) is 3.36. The minimum atomic E-state index is -0.179. The summed E-state index contributed by atoms with van der Waals surface area (Å²) in [4.78, 5) is 20.3. The number of aryl methyl sites for hydroxylation is 1. The quantitative estimate of drug-likeness (QED) is 0.770. The standard InChI is InChI=1S/C17H22N4O/c1-3-5-10-18-17(22)15-11-20-16(12-19-15)21-14-9-7-6-8-13(14)4-2/h6-9,11-12H,3-5,10H2,1-2H3,(H,18,22)(H,20,21). The van der Waals surface area contributed by atoms with Crippen molar-refractivity contribution in [2.24, 2.45) is 0 Å². The monoisotopic (exact) mass is 298 g/mol. The SMILES string of the molecule is CCCCNC(=O)c1cnc(Nc2ccccc2CC)cn1. The van der Waals surface area contributed by atoms with Crippen LogP contribution in [0.1, 0.15) is 42.7 Å². The van der Waals surface area contributed by atoms with E-state index >= 15 is 0 Å².